The minimum Gasteiger partial charge on any atom is -0.480 e. The molecule has 0 radical (unpaired) electrons. The number of aliphatic carboxylic acids is 1. The van der Waals surface area contributed by atoms with Crippen LogP contribution in [-0.4, -0.2) is 44.9 Å². The molecule has 0 amide bonds. The number of carbonyl (C=O) groups is 2. The molecular weight excluding hydrogens is 302 g/mol. The van der Waals surface area contributed by atoms with E-state index in [9.17, 15) is 18.0 Å². The summed E-state index contributed by atoms with van der Waals surface area (Å²) in [5.41, 5.74) is 0.101. The van der Waals surface area contributed by atoms with E-state index in [1.54, 1.807) is 12.1 Å². The van der Waals surface area contributed by atoms with E-state index in [1.165, 1.54) is 12.1 Å². The number of sulfonamides is 1. The molecular formula is C12H15NO7S. The van der Waals surface area contributed by atoms with Gasteiger partial charge in [-0.3, -0.25) is 9.52 Å². The predicted molar refractivity (Wildman–Crippen MR) is 73.6 cm³/mol. The Morgan fingerprint density at radius 1 is 1.29 bits per heavy atom. The Morgan fingerprint density at radius 3 is 2.57 bits per heavy atom. The number of hydrogen-bond donors (Lipinski definition) is 2. The monoisotopic (exact) mass is 317 g/mol. The van der Waals surface area contributed by atoms with Gasteiger partial charge in [0.15, 0.2) is 6.61 Å². The van der Waals surface area contributed by atoms with Crippen LogP contribution >= 0.6 is 0 Å². The molecule has 0 saturated carbocycles. The first-order valence-corrected chi connectivity index (χ1v) is 7.50. The summed E-state index contributed by atoms with van der Waals surface area (Å²) in [6.45, 7) is -0.596. The summed E-state index contributed by atoms with van der Waals surface area (Å²) in [5.74, 6) is -2.19. The Bertz CT molecular complexity index is 612. The van der Waals surface area contributed by atoms with Gasteiger partial charge in [0.2, 0.25) is 10.0 Å². The van der Waals surface area contributed by atoms with Gasteiger partial charge in [0.1, 0.15) is 5.75 Å². The molecule has 0 aliphatic rings. The van der Waals surface area contributed by atoms with Crippen LogP contribution in [0.25, 0.3) is 0 Å². The molecule has 0 heterocycles. The van der Waals surface area contributed by atoms with Crippen molar-refractivity contribution in [1.29, 1.82) is 0 Å². The summed E-state index contributed by atoms with van der Waals surface area (Å²) in [6, 6.07) is 5.99. The van der Waals surface area contributed by atoms with E-state index >= 15 is 0 Å². The molecule has 2 N–H and O–H groups in total. The molecule has 0 spiro atoms. The summed E-state index contributed by atoms with van der Waals surface area (Å²) in [6.07, 6.45) is -0.288. The number of benzene rings is 1. The predicted octanol–water partition coefficient (Wildman–Crippen LogP) is 0.455. The normalized spacial score (nSPS) is 10.7. The van der Waals surface area contributed by atoms with Gasteiger partial charge in [-0.05, 0) is 12.1 Å². The quantitative estimate of drug-likeness (QED) is 0.668. The number of carbonyl (C=O) groups excluding carboxylic acids is 1. The molecule has 0 unspecified atom stereocenters. The number of nitrogens with one attached hydrogen (secondary N) is 1. The zero-order valence-corrected chi connectivity index (χ0v) is 12.1. The number of carboxylic acid groups (broad SMARTS) is 1. The van der Waals surface area contributed by atoms with Crippen molar-refractivity contribution >= 4 is 27.6 Å². The van der Waals surface area contributed by atoms with Crippen molar-refractivity contribution in [3.05, 3.63) is 24.3 Å². The highest BCUT2D eigenvalue weighted by Crippen LogP contribution is 2.24. The van der Waals surface area contributed by atoms with Crippen LogP contribution in [0.15, 0.2) is 24.3 Å². The number of carboxylic acids is 1. The van der Waals surface area contributed by atoms with Crippen LogP contribution in [0.5, 0.6) is 5.75 Å². The maximum absolute atomic E-state index is 11.8. The van der Waals surface area contributed by atoms with Crippen LogP contribution in [0.1, 0.15) is 6.42 Å². The Hall–Kier alpha value is -2.29. The third-order valence-corrected chi connectivity index (χ3v) is 3.58. The van der Waals surface area contributed by atoms with Gasteiger partial charge in [0.25, 0.3) is 0 Å². The molecule has 0 aliphatic carbocycles. The maximum Gasteiger partial charge on any atom is 0.341 e. The highest BCUT2D eigenvalue weighted by atomic mass is 32.2. The lowest BCUT2D eigenvalue weighted by Crippen LogP contribution is -2.20. The van der Waals surface area contributed by atoms with Crippen molar-refractivity contribution in [2.24, 2.45) is 0 Å². The molecule has 8 nitrogen and oxygen atoms in total. The van der Waals surface area contributed by atoms with Gasteiger partial charge in [0.05, 0.1) is 25.0 Å². The van der Waals surface area contributed by atoms with E-state index in [2.05, 4.69) is 9.46 Å². The lowest BCUT2D eigenvalue weighted by atomic mass is 10.3. The minimum atomic E-state index is -3.78. The van der Waals surface area contributed by atoms with E-state index in [4.69, 9.17) is 9.84 Å². The van der Waals surface area contributed by atoms with Crippen LogP contribution in [0, 0.1) is 0 Å². The van der Waals surface area contributed by atoms with Crippen molar-refractivity contribution in [3.63, 3.8) is 0 Å². The molecule has 1 aromatic carbocycles. The number of anilines is 1. The zero-order valence-electron chi connectivity index (χ0n) is 11.2. The molecule has 1 rings (SSSR count). The molecule has 21 heavy (non-hydrogen) atoms. The van der Waals surface area contributed by atoms with Crippen LogP contribution < -0.4 is 9.46 Å². The highest BCUT2D eigenvalue weighted by molar-refractivity contribution is 7.92. The van der Waals surface area contributed by atoms with E-state index in [1.807, 2.05) is 0 Å². The van der Waals surface area contributed by atoms with E-state index < -0.39 is 34.3 Å². The van der Waals surface area contributed by atoms with Crippen molar-refractivity contribution in [3.8, 4) is 5.75 Å². The second-order valence-electron chi connectivity index (χ2n) is 3.93. The first-order chi connectivity index (χ1) is 9.84. The standard InChI is InChI=1S/C12H15NO7S/c1-19-12(16)6-7-21(17,18)13-9-4-2-3-5-10(9)20-8-11(14)15/h2-5,13H,6-8H2,1H3,(H,14,15). The number of esters is 1. The van der Waals surface area contributed by atoms with Gasteiger partial charge >= 0.3 is 11.9 Å². The minimum absolute atomic E-state index is 0.0848. The third-order valence-electron chi connectivity index (χ3n) is 2.31. The number of ether oxygens (including phenoxy) is 2. The van der Waals surface area contributed by atoms with Crippen LogP contribution in [0.4, 0.5) is 5.69 Å². The maximum atomic E-state index is 11.8. The van der Waals surface area contributed by atoms with Crippen molar-refractivity contribution in [2.45, 2.75) is 6.42 Å². The highest BCUT2D eigenvalue weighted by Gasteiger charge is 2.16. The fourth-order valence-corrected chi connectivity index (χ4v) is 2.40. The second kappa shape index (κ2) is 7.48. The summed E-state index contributed by atoms with van der Waals surface area (Å²) < 4.78 is 35.2. The fraction of sp³-hybridized carbons (Fsp3) is 0.333. The number of para-hydroxylation sites is 2. The van der Waals surface area contributed by atoms with Crippen LogP contribution in [0.2, 0.25) is 0 Å². The molecule has 0 fully saturated rings. The molecule has 0 aliphatic heterocycles. The van der Waals surface area contributed by atoms with Crippen molar-refractivity contribution in [2.75, 3.05) is 24.2 Å². The Morgan fingerprint density at radius 2 is 1.95 bits per heavy atom. The molecule has 1 aromatic rings. The van der Waals surface area contributed by atoms with Crippen molar-refractivity contribution in [1.82, 2.24) is 0 Å². The van der Waals surface area contributed by atoms with Gasteiger partial charge in [-0.25, -0.2) is 13.2 Å². The van der Waals surface area contributed by atoms with Gasteiger partial charge in [0, 0.05) is 0 Å². The molecule has 0 saturated heterocycles. The Kier molecular flexibility index (Phi) is 5.97. The average Bonchev–Trinajstić information content (AvgIpc) is 2.43. The van der Waals surface area contributed by atoms with Gasteiger partial charge in [-0.1, -0.05) is 12.1 Å². The lowest BCUT2D eigenvalue weighted by molar-refractivity contribution is -0.140. The largest absolute Gasteiger partial charge is 0.480 e. The topological polar surface area (TPSA) is 119 Å². The van der Waals surface area contributed by atoms with E-state index in [0.29, 0.717) is 0 Å². The Balaban J connectivity index is 2.77. The molecule has 0 aromatic heterocycles. The molecule has 9 heteroatoms. The SMILES string of the molecule is COC(=O)CCS(=O)(=O)Nc1ccccc1OCC(=O)O. The summed E-state index contributed by atoms with van der Waals surface area (Å²) in [4.78, 5) is 21.4. The molecule has 116 valence electrons. The first kappa shape index (κ1) is 16.8. The van der Waals surface area contributed by atoms with Crippen LogP contribution in [-0.2, 0) is 24.3 Å². The second-order valence-corrected chi connectivity index (χ2v) is 5.77. The van der Waals surface area contributed by atoms with Gasteiger partial charge in [-0.2, -0.15) is 0 Å². The van der Waals surface area contributed by atoms with Gasteiger partial charge < -0.3 is 14.6 Å². The average molecular weight is 317 g/mol. The summed E-state index contributed by atoms with van der Waals surface area (Å²) >= 11 is 0. The smallest absolute Gasteiger partial charge is 0.341 e. The van der Waals surface area contributed by atoms with Crippen LogP contribution in [0.3, 0.4) is 0 Å². The molecule has 0 atom stereocenters. The summed E-state index contributed by atoms with van der Waals surface area (Å²) in [5, 5.41) is 8.56. The Labute approximate surface area is 121 Å². The van der Waals surface area contributed by atoms with E-state index in [-0.39, 0.29) is 17.9 Å². The van der Waals surface area contributed by atoms with E-state index in [0.717, 1.165) is 7.11 Å². The molecule has 0 bridgehead atoms. The lowest BCUT2D eigenvalue weighted by Gasteiger charge is -2.12. The number of rotatable bonds is 8. The van der Waals surface area contributed by atoms with Crippen molar-refractivity contribution < 1.29 is 32.6 Å². The first-order valence-electron chi connectivity index (χ1n) is 5.85. The summed E-state index contributed by atoms with van der Waals surface area (Å²) in [7, 11) is -2.62. The zero-order chi connectivity index (χ0) is 15.9. The number of methoxy groups -OCH3 is 1. The third kappa shape index (κ3) is 6.13. The number of hydrogen-bond acceptors (Lipinski definition) is 6. The fourth-order valence-electron chi connectivity index (χ4n) is 1.35. The van der Waals surface area contributed by atoms with Gasteiger partial charge in [-0.15, -0.1) is 0 Å².